The molecule has 2 aromatic carbocycles. The molecular weight excluding hydrogens is 352 g/mol. The fourth-order valence-corrected chi connectivity index (χ4v) is 4.68. The molecule has 1 amide bonds. The molecule has 0 radical (unpaired) electrons. The number of amides is 1. The fourth-order valence-electron chi connectivity index (χ4n) is 3.10. The molecule has 0 saturated carbocycles. The van der Waals surface area contributed by atoms with Gasteiger partial charge in [-0.1, -0.05) is 35.9 Å². The number of hydrogen-bond acceptors (Lipinski definition) is 4. The first-order valence-corrected chi connectivity index (χ1v) is 9.60. The van der Waals surface area contributed by atoms with Crippen LogP contribution in [0.25, 0.3) is 10.9 Å². The highest BCUT2D eigenvalue weighted by atomic mass is 32.2. The number of rotatable bonds is 5. The van der Waals surface area contributed by atoms with Gasteiger partial charge in [0.2, 0.25) is 0 Å². The van der Waals surface area contributed by atoms with Crippen molar-refractivity contribution in [3.8, 4) is 0 Å². The van der Waals surface area contributed by atoms with Crippen LogP contribution >= 0.6 is 0 Å². The van der Waals surface area contributed by atoms with Crippen molar-refractivity contribution in [1.29, 1.82) is 0 Å². The zero-order valence-corrected chi connectivity index (χ0v) is 15.4. The highest BCUT2D eigenvalue weighted by Gasteiger charge is 2.24. The van der Waals surface area contributed by atoms with E-state index in [0.717, 1.165) is 16.5 Å². The lowest BCUT2D eigenvalue weighted by molar-refractivity contribution is 0.158. The summed E-state index contributed by atoms with van der Waals surface area (Å²) in [5, 5.41) is 0.814. The Kier molecular flexibility index (Phi) is 4.73. The number of aromatic nitrogens is 1. The lowest BCUT2D eigenvalue weighted by atomic mass is 10.1. The molecule has 2 N–H and O–H groups in total. The van der Waals surface area contributed by atoms with Gasteiger partial charge in [-0.3, -0.25) is 0 Å². The molecule has 0 aliphatic rings. The molecule has 136 valence electrons. The summed E-state index contributed by atoms with van der Waals surface area (Å²) < 4.78 is 32.6. The van der Waals surface area contributed by atoms with Crippen molar-refractivity contribution < 1.29 is 17.9 Å². The summed E-state index contributed by atoms with van der Waals surface area (Å²) in [6.45, 7) is 3.75. The monoisotopic (exact) mass is 372 g/mol. The largest absolute Gasteiger partial charge is 0.449 e. The normalized spacial score (nSPS) is 11.6. The molecule has 3 rings (SSSR count). The number of nitrogens with zero attached hydrogens (tertiary/aromatic N) is 1. The third kappa shape index (κ3) is 3.17. The van der Waals surface area contributed by atoms with E-state index >= 15 is 0 Å². The van der Waals surface area contributed by atoms with Crippen molar-refractivity contribution in [3.05, 3.63) is 65.4 Å². The molecule has 0 saturated heterocycles. The van der Waals surface area contributed by atoms with Gasteiger partial charge in [-0.05, 0) is 37.6 Å². The van der Waals surface area contributed by atoms with Gasteiger partial charge in [0.05, 0.1) is 17.0 Å². The topological polar surface area (TPSA) is 91.4 Å². The molecule has 3 aromatic rings. The number of para-hydroxylation sites is 1. The average Bonchev–Trinajstić information content (AvgIpc) is 2.87. The van der Waals surface area contributed by atoms with Crippen LogP contribution in [0, 0.1) is 13.8 Å². The van der Waals surface area contributed by atoms with E-state index in [1.54, 1.807) is 43.3 Å². The lowest BCUT2D eigenvalue weighted by Crippen LogP contribution is -2.16. The molecule has 1 heterocycles. The maximum absolute atomic E-state index is 13.2. The van der Waals surface area contributed by atoms with E-state index in [9.17, 15) is 13.2 Å². The summed E-state index contributed by atoms with van der Waals surface area (Å²) in [4.78, 5) is 11.0. The number of primary amides is 1. The number of carbonyl (C=O) groups excluding carboxylic acids is 1. The number of aryl methyl sites for hydroxylation is 1. The Labute approximate surface area is 152 Å². The SMILES string of the molecule is Cc1ccc(S(=O)(=O)n2c(C)c(CCOC(N)=O)c3ccccc32)cc1. The summed E-state index contributed by atoms with van der Waals surface area (Å²) in [7, 11) is -3.75. The lowest BCUT2D eigenvalue weighted by Gasteiger charge is -2.11. The second-order valence-corrected chi connectivity index (χ2v) is 7.87. The molecule has 6 nitrogen and oxygen atoms in total. The summed E-state index contributed by atoms with van der Waals surface area (Å²) >= 11 is 0. The Morgan fingerprint density at radius 3 is 2.38 bits per heavy atom. The highest BCUT2D eigenvalue weighted by Crippen LogP contribution is 2.30. The molecule has 7 heteroatoms. The van der Waals surface area contributed by atoms with Gasteiger partial charge >= 0.3 is 6.09 Å². The van der Waals surface area contributed by atoms with Gasteiger partial charge in [0, 0.05) is 17.5 Å². The highest BCUT2D eigenvalue weighted by molar-refractivity contribution is 7.90. The number of carbonyl (C=O) groups is 1. The summed E-state index contributed by atoms with van der Waals surface area (Å²) in [6, 6.07) is 14.0. The van der Waals surface area contributed by atoms with E-state index < -0.39 is 16.1 Å². The Balaban J connectivity index is 2.15. The minimum atomic E-state index is -3.75. The van der Waals surface area contributed by atoms with E-state index in [-0.39, 0.29) is 11.5 Å². The number of nitrogens with two attached hydrogens (primary N) is 1. The maximum atomic E-state index is 13.2. The molecule has 0 aliphatic heterocycles. The second kappa shape index (κ2) is 6.84. The fraction of sp³-hybridized carbons (Fsp3) is 0.211. The number of hydrogen-bond donors (Lipinski definition) is 1. The quantitative estimate of drug-likeness (QED) is 0.745. The molecule has 0 spiro atoms. The van der Waals surface area contributed by atoms with E-state index in [1.807, 2.05) is 19.1 Å². The zero-order valence-electron chi connectivity index (χ0n) is 14.6. The minimum absolute atomic E-state index is 0.0920. The van der Waals surface area contributed by atoms with Crippen molar-refractivity contribution in [3.63, 3.8) is 0 Å². The van der Waals surface area contributed by atoms with Crippen LogP contribution < -0.4 is 5.73 Å². The molecular formula is C19H20N2O4S. The Hall–Kier alpha value is -2.80. The van der Waals surface area contributed by atoms with Crippen molar-refractivity contribution in [2.24, 2.45) is 5.73 Å². The van der Waals surface area contributed by atoms with E-state index in [0.29, 0.717) is 17.6 Å². The molecule has 0 atom stereocenters. The predicted molar refractivity (Wildman–Crippen MR) is 99.7 cm³/mol. The van der Waals surface area contributed by atoms with Crippen molar-refractivity contribution in [2.75, 3.05) is 6.61 Å². The van der Waals surface area contributed by atoms with Crippen molar-refractivity contribution >= 4 is 27.0 Å². The van der Waals surface area contributed by atoms with Gasteiger partial charge in [-0.25, -0.2) is 17.2 Å². The number of benzene rings is 2. The number of ether oxygens (including phenoxy) is 1. The first-order valence-electron chi connectivity index (χ1n) is 8.16. The summed E-state index contributed by atoms with van der Waals surface area (Å²) in [6.07, 6.45) is -0.468. The zero-order chi connectivity index (χ0) is 18.9. The molecule has 1 aromatic heterocycles. The van der Waals surface area contributed by atoms with Crippen LogP contribution in [0.5, 0.6) is 0 Å². The molecule has 0 fully saturated rings. The van der Waals surface area contributed by atoms with E-state index in [4.69, 9.17) is 10.5 Å². The standard InChI is InChI=1S/C19H20N2O4S/c1-13-7-9-15(10-8-13)26(23,24)21-14(2)16(11-12-25-19(20)22)17-5-3-4-6-18(17)21/h3-10H,11-12H2,1-2H3,(H2,20,22). The van der Waals surface area contributed by atoms with Crippen molar-refractivity contribution in [2.45, 2.75) is 25.2 Å². The third-order valence-electron chi connectivity index (χ3n) is 4.34. The van der Waals surface area contributed by atoms with Crippen molar-refractivity contribution in [1.82, 2.24) is 3.97 Å². The maximum Gasteiger partial charge on any atom is 0.404 e. The van der Waals surface area contributed by atoms with Crippen LogP contribution in [0.15, 0.2) is 53.4 Å². The van der Waals surface area contributed by atoms with Crippen LogP contribution in [0.4, 0.5) is 4.79 Å². The first-order chi connectivity index (χ1) is 12.3. The van der Waals surface area contributed by atoms with E-state index in [2.05, 4.69) is 0 Å². The average molecular weight is 372 g/mol. The van der Waals surface area contributed by atoms with Crippen LogP contribution in [0.3, 0.4) is 0 Å². The minimum Gasteiger partial charge on any atom is -0.449 e. The second-order valence-electron chi connectivity index (χ2n) is 6.08. The van der Waals surface area contributed by atoms with Gasteiger partial charge in [0.25, 0.3) is 10.0 Å². The molecule has 26 heavy (non-hydrogen) atoms. The molecule has 0 aliphatic carbocycles. The van der Waals surface area contributed by atoms with Crippen LogP contribution in [-0.2, 0) is 21.2 Å². The van der Waals surface area contributed by atoms with Gasteiger partial charge in [0.15, 0.2) is 0 Å². The van der Waals surface area contributed by atoms with Gasteiger partial charge in [0.1, 0.15) is 0 Å². The Morgan fingerprint density at radius 2 is 1.73 bits per heavy atom. The van der Waals surface area contributed by atoms with Gasteiger partial charge in [-0.2, -0.15) is 0 Å². The predicted octanol–water partition coefficient (Wildman–Crippen LogP) is 3.13. The molecule has 0 bridgehead atoms. The smallest absolute Gasteiger partial charge is 0.404 e. The van der Waals surface area contributed by atoms with E-state index in [1.165, 1.54) is 3.97 Å². The summed E-state index contributed by atoms with van der Waals surface area (Å²) in [5.74, 6) is 0. The third-order valence-corrected chi connectivity index (χ3v) is 6.16. The molecule has 0 unspecified atom stereocenters. The van der Waals surface area contributed by atoms with Gasteiger partial charge in [-0.15, -0.1) is 0 Å². The van der Waals surface area contributed by atoms with Crippen LogP contribution in [-0.4, -0.2) is 25.1 Å². The Bertz CT molecular complexity index is 1070. The van der Waals surface area contributed by atoms with Crippen LogP contribution in [0.2, 0.25) is 0 Å². The summed E-state index contributed by atoms with van der Waals surface area (Å²) in [5.41, 5.74) is 8.01. The first kappa shape index (κ1) is 18.0. The number of fused-ring (bicyclic) bond motifs is 1. The Morgan fingerprint density at radius 1 is 1.08 bits per heavy atom. The van der Waals surface area contributed by atoms with Crippen LogP contribution in [0.1, 0.15) is 16.8 Å². The van der Waals surface area contributed by atoms with Gasteiger partial charge < -0.3 is 10.5 Å².